The molecule has 0 spiro atoms. The zero-order valence-electron chi connectivity index (χ0n) is 12.7. The van der Waals surface area contributed by atoms with Crippen molar-refractivity contribution >= 4 is 5.91 Å². The number of hydrogen-bond acceptors (Lipinski definition) is 2. The molecule has 1 saturated heterocycles. The van der Waals surface area contributed by atoms with Crippen LogP contribution in [0.1, 0.15) is 44.6 Å². The van der Waals surface area contributed by atoms with E-state index in [1.807, 2.05) is 6.07 Å². The predicted molar refractivity (Wildman–Crippen MR) is 80.7 cm³/mol. The zero-order valence-corrected chi connectivity index (χ0v) is 12.7. The van der Waals surface area contributed by atoms with Gasteiger partial charge in [-0.25, -0.2) is 0 Å². The Morgan fingerprint density at radius 3 is 2.65 bits per heavy atom. The molecule has 110 valence electrons. The summed E-state index contributed by atoms with van der Waals surface area (Å²) >= 11 is 0. The number of amides is 1. The zero-order chi connectivity index (χ0) is 14.5. The molecular formula is C17H25NO2. The molecule has 0 unspecified atom stereocenters. The minimum absolute atomic E-state index is 0.264. The van der Waals surface area contributed by atoms with Crippen molar-refractivity contribution < 1.29 is 9.53 Å². The molecule has 1 heterocycles. The van der Waals surface area contributed by atoms with Crippen molar-refractivity contribution in [2.45, 2.75) is 51.1 Å². The SMILES string of the molecule is COCCCC(=O)N1[C@H](C)C[C@@H](c2ccccc2)[C@H]1C. The van der Waals surface area contributed by atoms with Crippen LogP contribution in [-0.4, -0.2) is 36.6 Å². The summed E-state index contributed by atoms with van der Waals surface area (Å²) in [4.78, 5) is 14.5. The van der Waals surface area contributed by atoms with Crippen LogP contribution in [0.2, 0.25) is 0 Å². The lowest BCUT2D eigenvalue weighted by molar-refractivity contribution is -0.133. The maximum atomic E-state index is 12.4. The molecule has 1 aliphatic rings. The minimum Gasteiger partial charge on any atom is -0.385 e. The molecule has 20 heavy (non-hydrogen) atoms. The summed E-state index contributed by atoms with van der Waals surface area (Å²) in [6.45, 7) is 4.99. The van der Waals surface area contributed by atoms with Crippen LogP contribution in [0.3, 0.4) is 0 Å². The molecule has 3 nitrogen and oxygen atoms in total. The van der Waals surface area contributed by atoms with Gasteiger partial charge in [0.15, 0.2) is 0 Å². The van der Waals surface area contributed by atoms with Crippen LogP contribution < -0.4 is 0 Å². The van der Waals surface area contributed by atoms with Crippen LogP contribution in [-0.2, 0) is 9.53 Å². The number of likely N-dealkylation sites (tertiary alicyclic amines) is 1. The maximum absolute atomic E-state index is 12.4. The van der Waals surface area contributed by atoms with Crippen molar-refractivity contribution in [3.05, 3.63) is 35.9 Å². The van der Waals surface area contributed by atoms with Crippen LogP contribution in [0, 0.1) is 0 Å². The van der Waals surface area contributed by atoms with E-state index in [9.17, 15) is 4.79 Å². The molecule has 0 saturated carbocycles. The fourth-order valence-electron chi connectivity index (χ4n) is 3.36. The van der Waals surface area contributed by atoms with Gasteiger partial charge in [0.25, 0.3) is 0 Å². The van der Waals surface area contributed by atoms with Crippen LogP contribution in [0.25, 0.3) is 0 Å². The number of methoxy groups -OCH3 is 1. The van der Waals surface area contributed by atoms with Gasteiger partial charge in [0.1, 0.15) is 0 Å². The number of rotatable bonds is 5. The van der Waals surface area contributed by atoms with E-state index in [1.54, 1.807) is 7.11 Å². The number of ether oxygens (including phenoxy) is 1. The lowest BCUT2D eigenvalue weighted by Gasteiger charge is -2.28. The van der Waals surface area contributed by atoms with Gasteiger partial charge in [-0.15, -0.1) is 0 Å². The quantitative estimate of drug-likeness (QED) is 0.772. The van der Waals surface area contributed by atoms with Crippen LogP contribution in [0.5, 0.6) is 0 Å². The lowest BCUT2D eigenvalue weighted by Crippen LogP contribution is -2.39. The molecule has 2 rings (SSSR count). The summed E-state index contributed by atoms with van der Waals surface area (Å²) in [5.74, 6) is 0.720. The van der Waals surface area contributed by atoms with Gasteiger partial charge in [-0.05, 0) is 32.3 Å². The Labute approximate surface area is 121 Å². The first-order chi connectivity index (χ1) is 9.65. The molecule has 1 aromatic rings. The monoisotopic (exact) mass is 275 g/mol. The van der Waals surface area contributed by atoms with E-state index in [0.29, 0.717) is 25.0 Å². The van der Waals surface area contributed by atoms with Crippen LogP contribution in [0.4, 0.5) is 0 Å². The summed E-state index contributed by atoms with van der Waals surface area (Å²) in [6, 6.07) is 11.2. The Morgan fingerprint density at radius 1 is 1.30 bits per heavy atom. The lowest BCUT2D eigenvalue weighted by atomic mass is 9.92. The minimum atomic E-state index is 0.264. The van der Waals surface area contributed by atoms with E-state index >= 15 is 0 Å². The molecule has 1 fully saturated rings. The first kappa shape index (κ1) is 15.0. The van der Waals surface area contributed by atoms with Crippen molar-refractivity contribution in [2.75, 3.05) is 13.7 Å². The fourth-order valence-corrected chi connectivity index (χ4v) is 3.36. The number of carbonyl (C=O) groups excluding carboxylic acids is 1. The maximum Gasteiger partial charge on any atom is 0.223 e. The molecule has 0 aromatic heterocycles. The van der Waals surface area contributed by atoms with Crippen LogP contribution in [0.15, 0.2) is 30.3 Å². The fraction of sp³-hybridized carbons (Fsp3) is 0.588. The van der Waals surface area contributed by atoms with Crippen molar-refractivity contribution in [1.82, 2.24) is 4.90 Å². The summed E-state index contributed by atoms with van der Waals surface area (Å²) < 4.78 is 5.03. The van der Waals surface area contributed by atoms with E-state index in [4.69, 9.17) is 4.74 Å². The third kappa shape index (κ3) is 3.21. The molecule has 1 aliphatic heterocycles. The van der Waals surface area contributed by atoms with E-state index in [0.717, 1.165) is 12.8 Å². The second kappa shape index (κ2) is 6.89. The first-order valence-electron chi connectivity index (χ1n) is 7.50. The summed E-state index contributed by atoms with van der Waals surface area (Å²) in [5, 5.41) is 0. The van der Waals surface area contributed by atoms with Crippen molar-refractivity contribution in [1.29, 1.82) is 0 Å². The smallest absolute Gasteiger partial charge is 0.223 e. The van der Waals surface area contributed by atoms with Gasteiger partial charge in [0.2, 0.25) is 5.91 Å². The van der Waals surface area contributed by atoms with Crippen molar-refractivity contribution in [3.8, 4) is 0 Å². The van der Waals surface area contributed by atoms with E-state index in [1.165, 1.54) is 5.56 Å². The topological polar surface area (TPSA) is 29.5 Å². The molecule has 0 bridgehead atoms. The van der Waals surface area contributed by atoms with E-state index in [-0.39, 0.29) is 11.9 Å². The first-order valence-corrected chi connectivity index (χ1v) is 7.50. The Bertz CT molecular complexity index is 432. The number of benzene rings is 1. The van der Waals surface area contributed by atoms with Crippen LogP contribution >= 0.6 is 0 Å². The Balaban J connectivity index is 2.03. The molecule has 1 amide bonds. The second-order valence-electron chi connectivity index (χ2n) is 5.74. The van der Waals surface area contributed by atoms with Gasteiger partial charge in [0, 0.05) is 38.1 Å². The van der Waals surface area contributed by atoms with Gasteiger partial charge >= 0.3 is 0 Å². The number of nitrogens with zero attached hydrogens (tertiary/aromatic N) is 1. The molecule has 3 atom stereocenters. The highest BCUT2D eigenvalue weighted by Crippen LogP contribution is 2.37. The van der Waals surface area contributed by atoms with Crippen molar-refractivity contribution in [2.24, 2.45) is 0 Å². The molecule has 0 aliphatic carbocycles. The standard InChI is InChI=1S/C17H25NO2/c1-13-12-16(15-8-5-4-6-9-15)14(2)18(13)17(19)10-7-11-20-3/h4-6,8-9,13-14,16H,7,10-12H2,1-3H3/t13-,14-,16-/m1/s1. The molecule has 0 N–H and O–H groups in total. The normalized spacial score (nSPS) is 25.9. The van der Waals surface area contributed by atoms with E-state index < -0.39 is 0 Å². The Morgan fingerprint density at radius 2 is 2.00 bits per heavy atom. The summed E-state index contributed by atoms with van der Waals surface area (Å²) in [7, 11) is 1.68. The Hall–Kier alpha value is -1.35. The average Bonchev–Trinajstić information content (AvgIpc) is 2.75. The average molecular weight is 275 g/mol. The van der Waals surface area contributed by atoms with E-state index in [2.05, 4.69) is 43.0 Å². The summed E-state index contributed by atoms with van der Waals surface area (Å²) in [6.07, 6.45) is 2.45. The highest BCUT2D eigenvalue weighted by molar-refractivity contribution is 5.77. The van der Waals surface area contributed by atoms with Gasteiger partial charge in [0.05, 0.1) is 0 Å². The molecule has 3 heteroatoms. The summed E-state index contributed by atoms with van der Waals surface area (Å²) in [5.41, 5.74) is 1.35. The molecule has 0 radical (unpaired) electrons. The van der Waals surface area contributed by atoms with Gasteiger partial charge < -0.3 is 9.64 Å². The Kier molecular flexibility index (Phi) is 5.18. The van der Waals surface area contributed by atoms with Gasteiger partial charge in [-0.1, -0.05) is 30.3 Å². The second-order valence-corrected chi connectivity index (χ2v) is 5.74. The van der Waals surface area contributed by atoms with Gasteiger partial charge in [-0.2, -0.15) is 0 Å². The third-order valence-corrected chi connectivity index (χ3v) is 4.35. The predicted octanol–water partition coefficient (Wildman–Crippen LogP) is 3.21. The number of hydrogen-bond donors (Lipinski definition) is 0. The van der Waals surface area contributed by atoms with Crippen molar-refractivity contribution in [3.63, 3.8) is 0 Å². The van der Waals surface area contributed by atoms with Gasteiger partial charge in [-0.3, -0.25) is 4.79 Å². The number of carbonyl (C=O) groups is 1. The highest BCUT2D eigenvalue weighted by Gasteiger charge is 2.39. The largest absolute Gasteiger partial charge is 0.385 e. The highest BCUT2D eigenvalue weighted by atomic mass is 16.5. The molecule has 1 aromatic carbocycles. The molecular weight excluding hydrogens is 250 g/mol. The third-order valence-electron chi connectivity index (χ3n) is 4.35.